The maximum atomic E-state index is 6.84. The lowest BCUT2D eigenvalue weighted by Crippen LogP contribution is -2.15. The highest BCUT2D eigenvalue weighted by atomic mass is 32.2. The zero-order chi connectivity index (χ0) is 35.1. The average Bonchev–Trinajstić information content (AvgIpc) is 3.61. The van der Waals surface area contributed by atoms with Crippen molar-refractivity contribution in [2.45, 2.75) is 9.79 Å². The molecule has 0 atom stereocenters. The summed E-state index contributed by atoms with van der Waals surface area (Å²) in [7, 11) is 0. The molecule has 1 aromatic heterocycles. The van der Waals surface area contributed by atoms with E-state index in [-0.39, 0.29) is 0 Å². The molecule has 0 aliphatic carbocycles. The Hall–Kier alpha value is -6.27. The number of hydrogen-bond donors (Lipinski definition) is 0. The van der Waals surface area contributed by atoms with Gasteiger partial charge in [-0.2, -0.15) is 0 Å². The molecule has 0 fully saturated rings. The van der Waals surface area contributed by atoms with Crippen LogP contribution in [0.25, 0.3) is 31.3 Å². The van der Waals surface area contributed by atoms with E-state index in [4.69, 9.17) is 4.74 Å². The summed E-state index contributed by atoms with van der Waals surface area (Å²) < 4.78 is 9.37. The van der Waals surface area contributed by atoms with Gasteiger partial charge in [0.15, 0.2) is 0 Å². The molecule has 0 unspecified atom stereocenters. The van der Waals surface area contributed by atoms with E-state index in [1.807, 2.05) is 17.4 Å². The summed E-state index contributed by atoms with van der Waals surface area (Å²) in [6, 6.07) is 69.0. The molecule has 0 saturated carbocycles. The Morgan fingerprint density at radius 3 is 1.77 bits per heavy atom. The number of fused-ring (bicyclic) bond motifs is 5. The lowest BCUT2D eigenvalue weighted by atomic mass is 10.0. The molecule has 10 rings (SSSR count). The molecule has 0 saturated heterocycles. The van der Waals surface area contributed by atoms with Gasteiger partial charge in [-0.15, -0.1) is 11.3 Å². The summed E-state index contributed by atoms with van der Waals surface area (Å²) in [5, 5.41) is 2.53. The van der Waals surface area contributed by atoms with Gasteiger partial charge >= 0.3 is 0 Å². The Kier molecular flexibility index (Phi) is 7.94. The van der Waals surface area contributed by atoms with Crippen LogP contribution in [0.3, 0.4) is 0 Å². The van der Waals surface area contributed by atoms with Crippen LogP contribution < -0.4 is 14.5 Å². The van der Waals surface area contributed by atoms with E-state index in [1.54, 1.807) is 11.8 Å². The minimum absolute atomic E-state index is 0.826. The molecule has 0 bridgehead atoms. The molecule has 8 aromatic carbocycles. The molecule has 252 valence electrons. The molecule has 5 heteroatoms. The third-order valence-corrected chi connectivity index (χ3v) is 12.1. The van der Waals surface area contributed by atoms with Gasteiger partial charge in [0.05, 0.1) is 31.6 Å². The molecular formula is C48H32N2OS2. The van der Waals surface area contributed by atoms with Crippen LogP contribution in [-0.4, -0.2) is 0 Å². The number of ether oxygens (including phenoxy) is 1. The first-order valence-electron chi connectivity index (χ1n) is 17.7. The van der Waals surface area contributed by atoms with Gasteiger partial charge < -0.3 is 14.5 Å². The summed E-state index contributed by atoms with van der Waals surface area (Å²) in [4.78, 5) is 6.92. The van der Waals surface area contributed by atoms with Gasteiger partial charge in [0, 0.05) is 38.6 Å². The summed E-state index contributed by atoms with van der Waals surface area (Å²) in [5.74, 6) is 1.69. The first-order valence-corrected chi connectivity index (χ1v) is 19.3. The van der Waals surface area contributed by atoms with Crippen LogP contribution in [0, 0.1) is 0 Å². The van der Waals surface area contributed by atoms with Crippen LogP contribution in [0.15, 0.2) is 204 Å². The predicted molar refractivity (Wildman–Crippen MR) is 225 cm³/mol. The quantitative estimate of drug-likeness (QED) is 0.163. The van der Waals surface area contributed by atoms with Crippen molar-refractivity contribution in [3.63, 3.8) is 0 Å². The number of nitrogens with zero attached hydrogens (tertiary/aromatic N) is 2. The lowest BCUT2D eigenvalue weighted by Gasteiger charge is -2.33. The van der Waals surface area contributed by atoms with Crippen molar-refractivity contribution in [2.75, 3.05) is 9.80 Å². The van der Waals surface area contributed by atoms with Crippen molar-refractivity contribution in [2.24, 2.45) is 0 Å². The second kappa shape index (κ2) is 13.4. The molecule has 9 aromatic rings. The summed E-state index contributed by atoms with van der Waals surface area (Å²) in [6.07, 6.45) is 0. The number of anilines is 6. The highest BCUT2D eigenvalue weighted by molar-refractivity contribution is 7.99. The molecule has 1 aliphatic heterocycles. The van der Waals surface area contributed by atoms with Crippen molar-refractivity contribution >= 4 is 77.4 Å². The van der Waals surface area contributed by atoms with Crippen LogP contribution >= 0.6 is 23.1 Å². The van der Waals surface area contributed by atoms with E-state index in [0.29, 0.717) is 0 Å². The van der Waals surface area contributed by atoms with Crippen LogP contribution in [0.5, 0.6) is 11.5 Å². The normalized spacial score (nSPS) is 11.8. The molecule has 3 nitrogen and oxygen atoms in total. The van der Waals surface area contributed by atoms with Crippen molar-refractivity contribution in [1.29, 1.82) is 0 Å². The van der Waals surface area contributed by atoms with Gasteiger partial charge in [-0.25, -0.2) is 0 Å². The molecule has 2 heterocycles. The number of thiophene rings is 1. The molecule has 0 spiro atoms. The van der Waals surface area contributed by atoms with Gasteiger partial charge in [-0.05, 0) is 77.9 Å². The van der Waals surface area contributed by atoms with E-state index >= 15 is 0 Å². The minimum Gasteiger partial charge on any atom is -0.455 e. The smallest absolute Gasteiger partial charge is 0.145 e. The van der Waals surface area contributed by atoms with Crippen LogP contribution in [0.1, 0.15) is 0 Å². The topological polar surface area (TPSA) is 15.7 Å². The molecule has 0 amide bonds. The van der Waals surface area contributed by atoms with Gasteiger partial charge in [-0.3, -0.25) is 0 Å². The Labute approximate surface area is 317 Å². The van der Waals surface area contributed by atoms with Crippen molar-refractivity contribution in [1.82, 2.24) is 0 Å². The lowest BCUT2D eigenvalue weighted by molar-refractivity contribution is 0.455. The Morgan fingerprint density at radius 1 is 0.396 bits per heavy atom. The summed E-state index contributed by atoms with van der Waals surface area (Å²) >= 11 is 3.61. The fraction of sp³-hybridized carbons (Fsp3) is 0. The maximum Gasteiger partial charge on any atom is 0.145 e. The molecule has 53 heavy (non-hydrogen) atoms. The Balaban J connectivity index is 1.23. The Morgan fingerprint density at radius 2 is 1.00 bits per heavy atom. The third-order valence-electron chi connectivity index (χ3n) is 9.69. The van der Waals surface area contributed by atoms with Gasteiger partial charge in [0.1, 0.15) is 11.5 Å². The van der Waals surface area contributed by atoms with Gasteiger partial charge in [0.2, 0.25) is 0 Å². The standard InChI is InChI=1S/C48H32N2OS2/c1-4-15-33(16-5-1)34-27-29-37(30-28-34)49(35-17-6-2-7-18-35)38-31-42(48-44(32-38)51-43-24-11-13-26-46(43)53-48)50(36-19-8-3-9-20-36)41-23-14-22-40-39-21-10-12-25-45(39)52-47(40)41/h1-32H. The largest absolute Gasteiger partial charge is 0.455 e. The molecule has 0 radical (unpaired) electrons. The number of rotatable bonds is 7. The van der Waals surface area contributed by atoms with E-state index in [1.165, 1.54) is 31.3 Å². The van der Waals surface area contributed by atoms with Crippen molar-refractivity contribution < 1.29 is 4.74 Å². The van der Waals surface area contributed by atoms with Gasteiger partial charge in [0.25, 0.3) is 0 Å². The third kappa shape index (κ3) is 5.71. The summed E-state index contributed by atoms with van der Waals surface area (Å²) in [5.41, 5.74) is 8.76. The van der Waals surface area contributed by atoms with E-state index < -0.39 is 0 Å². The zero-order valence-corrected chi connectivity index (χ0v) is 30.2. The number of hydrogen-bond acceptors (Lipinski definition) is 5. The Bertz CT molecular complexity index is 2730. The number of benzene rings is 8. The average molecular weight is 717 g/mol. The predicted octanol–water partition coefficient (Wildman–Crippen LogP) is 14.9. The first-order chi connectivity index (χ1) is 26.3. The molecule has 1 aliphatic rings. The van der Waals surface area contributed by atoms with E-state index in [9.17, 15) is 0 Å². The van der Waals surface area contributed by atoms with E-state index in [2.05, 4.69) is 198 Å². The first kappa shape index (κ1) is 31.5. The summed E-state index contributed by atoms with van der Waals surface area (Å²) in [6.45, 7) is 0. The number of para-hydroxylation sites is 3. The monoisotopic (exact) mass is 716 g/mol. The SMILES string of the molecule is c1ccc(-c2ccc(N(c3ccccc3)c3cc4c(c(N(c5ccccc5)c5cccc6c5sc5ccccc56)c3)Sc3ccccc3O4)cc2)cc1. The minimum atomic E-state index is 0.826. The maximum absolute atomic E-state index is 6.84. The van der Waals surface area contributed by atoms with Crippen molar-refractivity contribution in [3.8, 4) is 22.6 Å². The van der Waals surface area contributed by atoms with Crippen LogP contribution in [-0.2, 0) is 0 Å². The molecular weight excluding hydrogens is 685 g/mol. The highest BCUT2D eigenvalue weighted by Gasteiger charge is 2.29. The van der Waals surface area contributed by atoms with Crippen LogP contribution in [0.4, 0.5) is 34.1 Å². The van der Waals surface area contributed by atoms with Gasteiger partial charge in [-0.1, -0.05) is 133 Å². The van der Waals surface area contributed by atoms with Crippen molar-refractivity contribution in [3.05, 3.63) is 194 Å². The van der Waals surface area contributed by atoms with E-state index in [0.717, 1.165) is 55.4 Å². The zero-order valence-electron chi connectivity index (χ0n) is 28.6. The van der Waals surface area contributed by atoms with Crippen LogP contribution in [0.2, 0.25) is 0 Å². The molecule has 0 N–H and O–H groups in total. The fourth-order valence-electron chi connectivity index (χ4n) is 7.25. The second-order valence-corrected chi connectivity index (χ2v) is 15.1. The highest BCUT2D eigenvalue weighted by Crippen LogP contribution is 2.56. The second-order valence-electron chi connectivity index (χ2n) is 12.9. The fourth-order valence-corrected chi connectivity index (χ4v) is 9.48.